The smallest absolute Gasteiger partial charge is 0.261 e. The number of pyridine rings is 1. The number of rotatable bonds is 5. The van der Waals surface area contributed by atoms with Gasteiger partial charge in [-0.1, -0.05) is 11.6 Å². The minimum Gasteiger partial charge on any atom is -0.479 e. The molecule has 0 unspecified atom stereocenters. The van der Waals surface area contributed by atoms with Crippen LogP contribution in [0.3, 0.4) is 0 Å². The van der Waals surface area contributed by atoms with E-state index in [0.717, 1.165) is 0 Å². The van der Waals surface area contributed by atoms with Crippen LogP contribution >= 0.6 is 11.6 Å². The summed E-state index contributed by atoms with van der Waals surface area (Å²) in [7, 11) is 4.62. The Labute approximate surface area is 138 Å². The highest BCUT2D eigenvalue weighted by atomic mass is 35.5. The monoisotopic (exact) mass is 337 g/mol. The molecule has 1 N–H and O–H groups in total. The van der Waals surface area contributed by atoms with Gasteiger partial charge in [0.05, 0.1) is 19.3 Å². The number of likely N-dealkylation sites (N-methyl/N-ethyl adjacent to an activating group) is 1. The number of carbonyl (C=O) groups is 2. The fourth-order valence-electron chi connectivity index (χ4n) is 1.93. The normalized spacial score (nSPS) is 10.3. The molecule has 0 radical (unpaired) electrons. The molecule has 0 saturated carbocycles. The fourth-order valence-corrected chi connectivity index (χ4v) is 2.09. The van der Waals surface area contributed by atoms with E-state index in [0.29, 0.717) is 5.69 Å². The summed E-state index contributed by atoms with van der Waals surface area (Å²) >= 11 is 5.87. The maximum atomic E-state index is 12.4. The number of methoxy groups -OCH3 is 1. The van der Waals surface area contributed by atoms with Crippen LogP contribution in [-0.4, -0.2) is 52.2 Å². The summed E-state index contributed by atoms with van der Waals surface area (Å²) in [6.07, 6.45) is 3.05. The number of halogens is 1. The molecular formula is C14H16ClN5O3. The van der Waals surface area contributed by atoms with Gasteiger partial charge in [0.25, 0.3) is 5.91 Å². The number of hydrogen-bond acceptors (Lipinski definition) is 5. The Morgan fingerprint density at radius 1 is 1.48 bits per heavy atom. The van der Waals surface area contributed by atoms with Crippen LogP contribution in [0.25, 0.3) is 0 Å². The van der Waals surface area contributed by atoms with Crippen molar-refractivity contribution >= 4 is 29.1 Å². The van der Waals surface area contributed by atoms with Gasteiger partial charge in [-0.15, -0.1) is 5.10 Å². The van der Waals surface area contributed by atoms with E-state index < -0.39 is 5.91 Å². The van der Waals surface area contributed by atoms with Gasteiger partial charge >= 0.3 is 0 Å². The Balaban J connectivity index is 2.03. The molecule has 0 aromatic carbocycles. The lowest BCUT2D eigenvalue weighted by atomic mass is 10.3. The predicted molar refractivity (Wildman–Crippen MR) is 84.6 cm³/mol. The molecule has 0 atom stereocenters. The average molecular weight is 338 g/mol. The van der Waals surface area contributed by atoms with Crippen molar-refractivity contribution in [3.63, 3.8) is 0 Å². The van der Waals surface area contributed by atoms with Crippen molar-refractivity contribution in [3.05, 3.63) is 35.2 Å². The van der Waals surface area contributed by atoms with Crippen LogP contribution in [-0.2, 0) is 11.8 Å². The maximum absolute atomic E-state index is 12.4. The highest BCUT2D eigenvalue weighted by molar-refractivity contribution is 6.32. The third kappa shape index (κ3) is 3.98. The number of carbonyl (C=O) groups excluding carboxylic acids is 2. The third-order valence-corrected chi connectivity index (χ3v) is 3.28. The topological polar surface area (TPSA) is 89.4 Å². The molecule has 2 rings (SSSR count). The minimum atomic E-state index is -0.390. The molecule has 0 fully saturated rings. The first-order valence-electron chi connectivity index (χ1n) is 6.66. The molecule has 122 valence electrons. The van der Waals surface area contributed by atoms with Crippen molar-refractivity contribution in [1.82, 2.24) is 19.7 Å². The fraction of sp³-hybridized carbons (Fsp3) is 0.286. The number of ether oxygens (including phenoxy) is 1. The van der Waals surface area contributed by atoms with Gasteiger partial charge in [0.15, 0.2) is 5.15 Å². The molecular weight excluding hydrogens is 322 g/mol. The van der Waals surface area contributed by atoms with E-state index in [1.165, 1.54) is 36.1 Å². The summed E-state index contributed by atoms with van der Waals surface area (Å²) in [4.78, 5) is 29.5. The molecule has 2 aromatic rings. The maximum Gasteiger partial charge on any atom is 0.261 e. The number of amides is 2. The summed E-state index contributed by atoms with van der Waals surface area (Å²) < 4.78 is 6.52. The SMILES string of the molecule is COc1nn(C)cc1C(=O)N(C)CC(=O)Nc1cccnc1Cl. The molecule has 0 aliphatic rings. The van der Waals surface area contributed by atoms with Gasteiger partial charge < -0.3 is 15.0 Å². The summed E-state index contributed by atoms with van der Waals surface area (Å²) in [6.45, 7) is -0.151. The zero-order chi connectivity index (χ0) is 17.0. The van der Waals surface area contributed by atoms with E-state index in [1.807, 2.05) is 0 Å². The first-order chi connectivity index (χ1) is 10.9. The summed E-state index contributed by atoms with van der Waals surface area (Å²) in [6, 6.07) is 3.27. The first kappa shape index (κ1) is 16.8. The van der Waals surface area contributed by atoms with Crippen LogP contribution in [0.5, 0.6) is 5.88 Å². The van der Waals surface area contributed by atoms with Crippen LogP contribution in [0.1, 0.15) is 10.4 Å². The molecule has 2 aromatic heterocycles. The standard InChI is InChI=1S/C14H16ClN5O3/c1-19(14(22)9-7-20(2)18-13(9)23-3)8-11(21)17-10-5-4-6-16-12(10)15/h4-7H,8H2,1-3H3,(H,17,21). The Morgan fingerprint density at radius 3 is 2.87 bits per heavy atom. The van der Waals surface area contributed by atoms with Crippen LogP contribution in [0, 0.1) is 0 Å². The van der Waals surface area contributed by atoms with Crippen molar-refractivity contribution < 1.29 is 14.3 Å². The summed E-state index contributed by atoms with van der Waals surface area (Å²) in [5, 5.41) is 6.80. The Bertz CT molecular complexity index is 731. The third-order valence-electron chi connectivity index (χ3n) is 2.98. The van der Waals surface area contributed by atoms with Gasteiger partial charge in [0.2, 0.25) is 11.8 Å². The largest absolute Gasteiger partial charge is 0.479 e. The molecule has 2 amide bonds. The van der Waals surface area contributed by atoms with Gasteiger partial charge in [-0.2, -0.15) is 0 Å². The van der Waals surface area contributed by atoms with E-state index in [4.69, 9.17) is 16.3 Å². The Hall–Kier alpha value is -2.61. The van der Waals surface area contributed by atoms with E-state index in [2.05, 4.69) is 15.4 Å². The number of aromatic nitrogens is 3. The highest BCUT2D eigenvalue weighted by Crippen LogP contribution is 2.18. The lowest BCUT2D eigenvalue weighted by molar-refractivity contribution is -0.116. The number of nitrogens with one attached hydrogen (secondary N) is 1. The molecule has 2 heterocycles. The van der Waals surface area contributed by atoms with Gasteiger partial charge in [-0.05, 0) is 12.1 Å². The van der Waals surface area contributed by atoms with E-state index in [1.54, 1.807) is 19.2 Å². The summed E-state index contributed by atoms with van der Waals surface area (Å²) in [5.41, 5.74) is 0.670. The molecule has 0 spiro atoms. The predicted octanol–water partition coefficient (Wildman–Crippen LogP) is 1.19. The van der Waals surface area contributed by atoms with Crippen molar-refractivity contribution in [1.29, 1.82) is 0 Å². The number of hydrogen-bond donors (Lipinski definition) is 1. The van der Waals surface area contributed by atoms with Crippen molar-refractivity contribution in [2.45, 2.75) is 0 Å². The van der Waals surface area contributed by atoms with Gasteiger partial charge in [0.1, 0.15) is 5.56 Å². The lowest BCUT2D eigenvalue weighted by Gasteiger charge is -2.16. The van der Waals surface area contributed by atoms with Crippen molar-refractivity contribution in [2.75, 3.05) is 26.0 Å². The quantitative estimate of drug-likeness (QED) is 0.828. The van der Waals surface area contributed by atoms with E-state index in [-0.39, 0.29) is 29.0 Å². The van der Waals surface area contributed by atoms with Crippen LogP contribution in [0.4, 0.5) is 5.69 Å². The zero-order valence-electron chi connectivity index (χ0n) is 12.9. The lowest BCUT2D eigenvalue weighted by Crippen LogP contribution is -2.35. The van der Waals surface area contributed by atoms with Gasteiger partial charge in [0, 0.05) is 26.5 Å². The second kappa shape index (κ2) is 7.10. The first-order valence-corrected chi connectivity index (χ1v) is 7.03. The zero-order valence-corrected chi connectivity index (χ0v) is 13.7. The molecule has 8 nitrogen and oxygen atoms in total. The van der Waals surface area contributed by atoms with Crippen molar-refractivity contribution in [3.8, 4) is 5.88 Å². The molecule has 0 saturated heterocycles. The van der Waals surface area contributed by atoms with Gasteiger partial charge in [-0.25, -0.2) is 4.98 Å². The second-order valence-electron chi connectivity index (χ2n) is 4.78. The van der Waals surface area contributed by atoms with Crippen molar-refractivity contribution in [2.24, 2.45) is 7.05 Å². The Morgan fingerprint density at radius 2 is 2.22 bits per heavy atom. The molecule has 9 heteroatoms. The van der Waals surface area contributed by atoms with Crippen LogP contribution < -0.4 is 10.1 Å². The van der Waals surface area contributed by atoms with Gasteiger partial charge in [-0.3, -0.25) is 14.3 Å². The molecule has 23 heavy (non-hydrogen) atoms. The van der Waals surface area contributed by atoms with Crippen LogP contribution in [0.15, 0.2) is 24.5 Å². The highest BCUT2D eigenvalue weighted by Gasteiger charge is 2.21. The summed E-state index contributed by atoms with van der Waals surface area (Å²) in [5.74, 6) is -0.555. The van der Waals surface area contributed by atoms with E-state index >= 15 is 0 Å². The molecule has 0 aliphatic heterocycles. The molecule has 0 bridgehead atoms. The van der Waals surface area contributed by atoms with Crippen LogP contribution in [0.2, 0.25) is 5.15 Å². The van der Waals surface area contributed by atoms with E-state index in [9.17, 15) is 9.59 Å². The second-order valence-corrected chi connectivity index (χ2v) is 5.13. The average Bonchev–Trinajstić information content (AvgIpc) is 2.89. The minimum absolute atomic E-state index is 0.151. The number of anilines is 1. The number of nitrogens with zero attached hydrogens (tertiary/aromatic N) is 4. The number of aryl methyl sites for hydroxylation is 1. The molecule has 0 aliphatic carbocycles. The Kier molecular flexibility index (Phi) is 5.17.